The summed E-state index contributed by atoms with van der Waals surface area (Å²) in [5.74, 6) is -0.0343. The fourth-order valence-corrected chi connectivity index (χ4v) is 3.59. The molecule has 140 valence electrons. The Morgan fingerprint density at radius 1 is 1.22 bits per heavy atom. The number of pyridine rings is 1. The minimum atomic E-state index is -4.70. The van der Waals surface area contributed by atoms with Crippen molar-refractivity contribution in [2.75, 3.05) is 13.7 Å². The number of carbonyl (C=O) groups excluding carboxylic acids is 1. The van der Waals surface area contributed by atoms with Gasteiger partial charge in [0, 0.05) is 23.7 Å². The van der Waals surface area contributed by atoms with E-state index in [2.05, 4.69) is 10.4 Å². The molecule has 3 heterocycles. The molecule has 0 saturated carbocycles. The van der Waals surface area contributed by atoms with Crippen LogP contribution in [-0.2, 0) is 12.6 Å². The number of nitrogens with zero attached hydrogens (tertiary/aromatic N) is 2. The van der Waals surface area contributed by atoms with E-state index >= 15 is 0 Å². The summed E-state index contributed by atoms with van der Waals surface area (Å²) in [5.41, 5.74) is 1.43. The van der Waals surface area contributed by atoms with Gasteiger partial charge in [0.15, 0.2) is 5.69 Å². The Balaban J connectivity index is 1.98. The van der Waals surface area contributed by atoms with Crippen molar-refractivity contribution in [1.29, 1.82) is 0 Å². The van der Waals surface area contributed by atoms with Crippen LogP contribution in [0.5, 0.6) is 5.88 Å². The molecule has 1 aromatic carbocycles. The summed E-state index contributed by atoms with van der Waals surface area (Å²) in [6.45, 7) is 0.513. The molecule has 1 aliphatic rings. The Bertz CT molecular complexity index is 1080. The van der Waals surface area contributed by atoms with Crippen molar-refractivity contribution >= 4 is 23.0 Å². The van der Waals surface area contributed by atoms with E-state index in [9.17, 15) is 18.0 Å². The predicted octanol–water partition coefficient (Wildman–Crippen LogP) is 3.97. The Kier molecular flexibility index (Phi) is 4.03. The van der Waals surface area contributed by atoms with Crippen LogP contribution < -0.4 is 10.1 Å². The lowest BCUT2D eigenvalue weighted by molar-refractivity contribution is -0.141. The second kappa shape index (κ2) is 6.16. The van der Waals surface area contributed by atoms with E-state index in [1.807, 2.05) is 0 Å². The minimum Gasteiger partial charge on any atom is -0.481 e. The van der Waals surface area contributed by atoms with Crippen molar-refractivity contribution in [3.05, 3.63) is 52.2 Å². The molecule has 0 aliphatic carbocycles. The molecule has 0 unspecified atom stereocenters. The van der Waals surface area contributed by atoms with Gasteiger partial charge in [0.2, 0.25) is 5.88 Å². The van der Waals surface area contributed by atoms with Crippen molar-refractivity contribution in [3.8, 4) is 17.0 Å². The molecule has 0 bridgehead atoms. The molecule has 0 spiro atoms. The average Bonchev–Trinajstić information content (AvgIpc) is 2.99. The summed E-state index contributed by atoms with van der Waals surface area (Å²) in [7, 11) is 1.34. The Labute approximate surface area is 156 Å². The monoisotopic (exact) mass is 395 g/mol. The number of hydrogen-bond donors (Lipinski definition) is 1. The van der Waals surface area contributed by atoms with Crippen molar-refractivity contribution in [3.63, 3.8) is 0 Å². The molecule has 4 rings (SSSR count). The van der Waals surface area contributed by atoms with E-state index in [0.29, 0.717) is 29.7 Å². The molecule has 1 N–H and O–H groups in total. The highest BCUT2D eigenvalue weighted by Crippen LogP contribution is 2.41. The van der Waals surface area contributed by atoms with Crippen molar-refractivity contribution in [2.45, 2.75) is 12.6 Å². The first kappa shape index (κ1) is 17.7. The quantitative estimate of drug-likeness (QED) is 0.714. The van der Waals surface area contributed by atoms with Gasteiger partial charge in [-0.2, -0.15) is 22.8 Å². The summed E-state index contributed by atoms with van der Waals surface area (Å²) in [6, 6.07) is 8.30. The number of carbonyl (C=O) groups is 1. The number of aromatic nitrogens is 2. The molecule has 0 atom stereocenters. The lowest BCUT2D eigenvalue weighted by Gasteiger charge is -2.17. The normalized spacial score (nSPS) is 14.2. The summed E-state index contributed by atoms with van der Waals surface area (Å²) >= 11 is 6.07. The molecule has 0 fully saturated rings. The number of nitrogens with one attached hydrogen (secondary N) is 1. The van der Waals surface area contributed by atoms with E-state index in [0.717, 1.165) is 10.1 Å². The maximum Gasteiger partial charge on any atom is 0.436 e. The number of hydrogen-bond acceptors (Lipinski definition) is 3. The van der Waals surface area contributed by atoms with Gasteiger partial charge in [0.1, 0.15) is 0 Å². The SMILES string of the molecule is COc1ccc(-c2ccc3c(c2)CCNC3=O)c2c(Cl)c(C(F)(F)F)nn12. The van der Waals surface area contributed by atoms with Crippen LogP contribution in [0, 0.1) is 0 Å². The third-order valence-electron chi connectivity index (χ3n) is 4.50. The van der Waals surface area contributed by atoms with Crippen molar-refractivity contribution in [2.24, 2.45) is 0 Å². The molecular formula is C18H13ClF3N3O2. The highest BCUT2D eigenvalue weighted by Gasteiger charge is 2.38. The average molecular weight is 396 g/mol. The molecule has 1 amide bonds. The standard InChI is InChI=1S/C18H13ClF3N3O2/c1-27-13-5-4-11(15-14(19)16(18(20,21)22)24-25(13)15)9-2-3-12-10(8-9)6-7-23-17(12)26/h2-5,8H,6-7H2,1H3,(H,23,26). The van der Waals surface area contributed by atoms with Crippen LogP contribution in [0.2, 0.25) is 5.02 Å². The summed E-state index contributed by atoms with van der Waals surface area (Å²) in [4.78, 5) is 11.9. The lowest BCUT2D eigenvalue weighted by Crippen LogP contribution is -2.31. The van der Waals surface area contributed by atoms with Crippen LogP contribution in [0.3, 0.4) is 0 Å². The highest BCUT2D eigenvalue weighted by atomic mass is 35.5. The lowest BCUT2D eigenvalue weighted by atomic mass is 9.95. The molecule has 27 heavy (non-hydrogen) atoms. The van der Waals surface area contributed by atoms with Gasteiger partial charge in [0.05, 0.1) is 17.6 Å². The molecular weight excluding hydrogens is 383 g/mol. The van der Waals surface area contributed by atoms with Gasteiger partial charge in [-0.15, -0.1) is 0 Å². The fourth-order valence-electron chi connectivity index (χ4n) is 3.26. The number of halogens is 4. The molecule has 2 aromatic heterocycles. The Hall–Kier alpha value is -2.74. The van der Waals surface area contributed by atoms with E-state index in [1.54, 1.807) is 24.3 Å². The number of ether oxygens (including phenoxy) is 1. The number of fused-ring (bicyclic) bond motifs is 2. The first-order chi connectivity index (χ1) is 12.8. The summed E-state index contributed by atoms with van der Waals surface area (Å²) in [5, 5.41) is 5.87. The highest BCUT2D eigenvalue weighted by molar-refractivity contribution is 6.35. The first-order valence-electron chi connectivity index (χ1n) is 8.05. The number of rotatable bonds is 2. The first-order valence-corrected chi connectivity index (χ1v) is 8.43. The number of benzene rings is 1. The largest absolute Gasteiger partial charge is 0.481 e. The van der Waals surface area contributed by atoms with E-state index < -0.39 is 16.9 Å². The van der Waals surface area contributed by atoms with Crippen LogP contribution in [0.15, 0.2) is 30.3 Å². The van der Waals surface area contributed by atoms with Gasteiger partial charge in [0.25, 0.3) is 5.91 Å². The summed E-state index contributed by atoms with van der Waals surface area (Å²) in [6.07, 6.45) is -4.05. The Morgan fingerprint density at radius 3 is 2.67 bits per heavy atom. The second-order valence-corrected chi connectivity index (χ2v) is 6.47. The molecule has 0 radical (unpaired) electrons. The van der Waals surface area contributed by atoms with Crippen LogP contribution in [0.4, 0.5) is 13.2 Å². The summed E-state index contributed by atoms with van der Waals surface area (Å²) < 4.78 is 46.0. The van der Waals surface area contributed by atoms with Crippen LogP contribution >= 0.6 is 11.6 Å². The number of alkyl halides is 3. The zero-order valence-corrected chi connectivity index (χ0v) is 14.8. The van der Waals surface area contributed by atoms with Gasteiger partial charge in [-0.25, -0.2) is 0 Å². The van der Waals surface area contributed by atoms with Crippen LogP contribution in [0.1, 0.15) is 21.6 Å². The molecule has 5 nitrogen and oxygen atoms in total. The van der Waals surface area contributed by atoms with Crippen molar-refractivity contribution in [1.82, 2.24) is 14.9 Å². The third kappa shape index (κ3) is 2.80. The van der Waals surface area contributed by atoms with Gasteiger partial charge >= 0.3 is 6.18 Å². The Morgan fingerprint density at radius 2 is 1.96 bits per heavy atom. The maximum atomic E-state index is 13.3. The van der Waals surface area contributed by atoms with E-state index in [-0.39, 0.29) is 17.3 Å². The molecule has 3 aromatic rings. The third-order valence-corrected chi connectivity index (χ3v) is 4.86. The fraction of sp³-hybridized carbons (Fsp3) is 0.222. The maximum absolute atomic E-state index is 13.3. The van der Waals surface area contributed by atoms with Crippen LogP contribution in [-0.4, -0.2) is 29.2 Å². The zero-order chi connectivity index (χ0) is 19.3. The topological polar surface area (TPSA) is 55.6 Å². The predicted molar refractivity (Wildman–Crippen MR) is 93.2 cm³/mol. The molecule has 9 heteroatoms. The van der Waals surface area contributed by atoms with Gasteiger partial charge in [-0.3, -0.25) is 4.79 Å². The second-order valence-electron chi connectivity index (χ2n) is 6.09. The minimum absolute atomic E-state index is 0.101. The van der Waals surface area contributed by atoms with Gasteiger partial charge < -0.3 is 10.1 Å². The number of amides is 1. The van der Waals surface area contributed by atoms with Gasteiger partial charge in [-0.05, 0) is 29.7 Å². The zero-order valence-electron chi connectivity index (χ0n) is 14.0. The van der Waals surface area contributed by atoms with E-state index in [4.69, 9.17) is 16.3 Å². The van der Waals surface area contributed by atoms with Crippen molar-refractivity contribution < 1.29 is 22.7 Å². The molecule has 1 aliphatic heterocycles. The number of methoxy groups -OCH3 is 1. The smallest absolute Gasteiger partial charge is 0.436 e. The molecule has 0 saturated heterocycles. The van der Waals surface area contributed by atoms with Crippen LogP contribution in [0.25, 0.3) is 16.6 Å². The van der Waals surface area contributed by atoms with Gasteiger partial charge in [-0.1, -0.05) is 23.7 Å². The van der Waals surface area contributed by atoms with E-state index in [1.165, 1.54) is 13.2 Å².